The van der Waals surface area contributed by atoms with Gasteiger partial charge in [0.15, 0.2) is 5.78 Å². The highest BCUT2D eigenvalue weighted by Gasteiger charge is 2.43. The number of ketones is 1. The molecule has 30 heavy (non-hydrogen) atoms. The molecule has 6 heteroatoms. The molecule has 0 saturated heterocycles. The minimum atomic E-state index is -0.622. The lowest BCUT2D eigenvalue weighted by Crippen LogP contribution is -2.40. The van der Waals surface area contributed by atoms with Gasteiger partial charge in [-0.1, -0.05) is 32.0 Å². The normalized spacial score (nSPS) is 20.8. The van der Waals surface area contributed by atoms with E-state index in [1.54, 1.807) is 13.1 Å². The van der Waals surface area contributed by atoms with E-state index in [-0.39, 0.29) is 30.0 Å². The zero-order valence-corrected chi connectivity index (χ0v) is 17.5. The molecule has 0 fully saturated rings. The van der Waals surface area contributed by atoms with Crippen molar-refractivity contribution in [1.82, 2.24) is 10.3 Å². The van der Waals surface area contributed by atoms with Crippen LogP contribution in [0.1, 0.15) is 45.1 Å². The molecule has 1 aliphatic carbocycles. The first kappa shape index (κ1) is 20.3. The summed E-state index contributed by atoms with van der Waals surface area (Å²) in [7, 11) is 0. The Hall–Kier alpha value is -2.99. The average molecular weight is 406 g/mol. The third kappa shape index (κ3) is 3.52. The van der Waals surface area contributed by atoms with Crippen LogP contribution in [0.4, 0.5) is 0 Å². The van der Waals surface area contributed by atoms with Crippen LogP contribution in [-0.2, 0) is 14.3 Å². The number of para-hydroxylation sites is 1. The fourth-order valence-corrected chi connectivity index (χ4v) is 4.50. The van der Waals surface area contributed by atoms with Crippen LogP contribution in [0, 0.1) is 5.41 Å². The second-order valence-electron chi connectivity index (χ2n) is 8.62. The number of carbonyl (C=O) groups is 2. The molecule has 2 heterocycles. The predicted molar refractivity (Wildman–Crippen MR) is 113 cm³/mol. The monoisotopic (exact) mass is 406 g/mol. The van der Waals surface area contributed by atoms with Crippen molar-refractivity contribution >= 4 is 22.7 Å². The third-order valence-corrected chi connectivity index (χ3v) is 5.72. The van der Waals surface area contributed by atoms with Gasteiger partial charge in [0, 0.05) is 35.2 Å². The molecule has 1 aliphatic heterocycles. The molecule has 1 aromatic carbocycles. The number of benzene rings is 1. The molecular weight excluding hydrogens is 380 g/mol. The number of carbonyl (C=O) groups excluding carboxylic acids is 2. The van der Waals surface area contributed by atoms with Gasteiger partial charge in [0.25, 0.3) is 0 Å². The van der Waals surface area contributed by atoms with Crippen molar-refractivity contribution in [2.75, 3.05) is 13.2 Å². The number of dihydropyridines is 1. The molecule has 1 atom stereocenters. The zero-order chi connectivity index (χ0) is 21.5. The number of aromatic nitrogens is 1. The lowest BCUT2D eigenvalue weighted by Gasteiger charge is -2.39. The van der Waals surface area contributed by atoms with Crippen molar-refractivity contribution in [3.05, 3.63) is 64.6 Å². The maximum absolute atomic E-state index is 13.3. The van der Waals surface area contributed by atoms with Crippen molar-refractivity contribution in [2.45, 2.75) is 39.5 Å². The second kappa shape index (κ2) is 7.69. The summed E-state index contributed by atoms with van der Waals surface area (Å²) in [6, 6.07) is 9.68. The molecule has 2 aliphatic rings. The van der Waals surface area contributed by atoms with Crippen LogP contribution in [0.5, 0.6) is 0 Å². The summed E-state index contributed by atoms with van der Waals surface area (Å²) in [4.78, 5) is 30.7. The number of hydrogen-bond donors (Lipinski definition) is 2. The van der Waals surface area contributed by atoms with E-state index in [0.717, 1.165) is 22.2 Å². The largest absolute Gasteiger partial charge is 0.463 e. The summed E-state index contributed by atoms with van der Waals surface area (Å²) in [5.74, 6) is -1.15. The van der Waals surface area contributed by atoms with Gasteiger partial charge in [-0.05, 0) is 36.5 Å². The van der Waals surface area contributed by atoms with Crippen LogP contribution in [0.2, 0.25) is 0 Å². The molecule has 0 bridgehead atoms. The van der Waals surface area contributed by atoms with E-state index in [2.05, 4.69) is 10.3 Å². The summed E-state index contributed by atoms with van der Waals surface area (Å²) in [6.45, 7) is 5.69. The number of nitrogens with zero attached hydrogens (tertiary/aromatic N) is 1. The number of esters is 1. The smallest absolute Gasteiger partial charge is 0.336 e. The van der Waals surface area contributed by atoms with E-state index in [9.17, 15) is 14.7 Å². The number of Topliss-reactive ketones (excluding diaryl/α,β-unsaturated/α-hetero) is 1. The van der Waals surface area contributed by atoms with Crippen molar-refractivity contribution < 1.29 is 19.4 Å². The molecule has 0 amide bonds. The van der Waals surface area contributed by atoms with E-state index >= 15 is 0 Å². The number of ether oxygens (including phenoxy) is 1. The minimum absolute atomic E-state index is 0.00527. The van der Waals surface area contributed by atoms with E-state index < -0.39 is 11.9 Å². The number of allylic oxidation sites excluding steroid dienone is 2. The van der Waals surface area contributed by atoms with Crippen molar-refractivity contribution in [3.8, 4) is 0 Å². The van der Waals surface area contributed by atoms with Crippen LogP contribution in [0.15, 0.2) is 59.1 Å². The number of rotatable bonds is 4. The topological polar surface area (TPSA) is 88.5 Å². The highest BCUT2D eigenvalue weighted by Crippen LogP contribution is 2.46. The number of nitrogens with one attached hydrogen (secondary N) is 1. The van der Waals surface area contributed by atoms with E-state index in [1.165, 1.54) is 0 Å². The number of fused-ring (bicyclic) bond motifs is 1. The first-order valence-electron chi connectivity index (χ1n) is 10.2. The lowest BCUT2D eigenvalue weighted by molar-refractivity contribution is -0.138. The Kier molecular flexibility index (Phi) is 5.20. The molecule has 156 valence electrons. The number of aliphatic hydroxyl groups is 1. The second-order valence-corrected chi connectivity index (χ2v) is 8.62. The van der Waals surface area contributed by atoms with Gasteiger partial charge < -0.3 is 15.2 Å². The Labute approximate surface area is 175 Å². The fourth-order valence-electron chi connectivity index (χ4n) is 4.50. The van der Waals surface area contributed by atoms with Gasteiger partial charge in [-0.2, -0.15) is 0 Å². The highest BCUT2D eigenvalue weighted by molar-refractivity contribution is 6.04. The molecule has 0 saturated carbocycles. The molecule has 0 spiro atoms. The Balaban J connectivity index is 1.94. The Bertz CT molecular complexity index is 1100. The summed E-state index contributed by atoms with van der Waals surface area (Å²) in [5.41, 5.74) is 3.39. The number of aliphatic hydroxyl groups excluding tert-OH is 1. The quantitative estimate of drug-likeness (QED) is 0.757. The van der Waals surface area contributed by atoms with Gasteiger partial charge in [0.1, 0.15) is 0 Å². The average Bonchev–Trinajstić information content (AvgIpc) is 2.71. The van der Waals surface area contributed by atoms with Crippen LogP contribution in [-0.4, -0.2) is 35.1 Å². The molecule has 6 nitrogen and oxygen atoms in total. The summed E-state index contributed by atoms with van der Waals surface area (Å²) >= 11 is 0. The van der Waals surface area contributed by atoms with Gasteiger partial charge in [-0.25, -0.2) is 4.79 Å². The van der Waals surface area contributed by atoms with Crippen molar-refractivity contribution in [2.24, 2.45) is 5.41 Å². The first-order valence-corrected chi connectivity index (χ1v) is 10.2. The minimum Gasteiger partial charge on any atom is -0.463 e. The summed E-state index contributed by atoms with van der Waals surface area (Å²) in [6.07, 6.45) is 2.77. The van der Waals surface area contributed by atoms with Gasteiger partial charge in [-0.15, -0.1) is 0 Å². The maximum Gasteiger partial charge on any atom is 0.336 e. The molecule has 4 rings (SSSR count). The lowest BCUT2D eigenvalue weighted by atomic mass is 9.68. The predicted octanol–water partition coefficient (Wildman–Crippen LogP) is 3.37. The van der Waals surface area contributed by atoms with Gasteiger partial charge in [-0.3, -0.25) is 9.78 Å². The summed E-state index contributed by atoms with van der Waals surface area (Å²) < 4.78 is 5.31. The summed E-state index contributed by atoms with van der Waals surface area (Å²) in [5, 5.41) is 14.2. The molecule has 0 radical (unpaired) electrons. The van der Waals surface area contributed by atoms with E-state index in [1.807, 2.05) is 44.2 Å². The van der Waals surface area contributed by atoms with E-state index in [4.69, 9.17) is 4.74 Å². The van der Waals surface area contributed by atoms with Gasteiger partial charge in [0.05, 0.1) is 30.0 Å². The first-order chi connectivity index (χ1) is 14.3. The van der Waals surface area contributed by atoms with Crippen molar-refractivity contribution in [3.63, 3.8) is 0 Å². The molecule has 2 aromatic rings. The zero-order valence-electron chi connectivity index (χ0n) is 17.5. The molecular formula is C24H26N2O4. The van der Waals surface area contributed by atoms with Crippen LogP contribution in [0.25, 0.3) is 10.9 Å². The molecule has 1 unspecified atom stereocenters. The molecule has 1 aromatic heterocycles. The Morgan fingerprint density at radius 1 is 1.30 bits per heavy atom. The van der Waals surface area contributed by atoms with E-state index in [0.29, 0.717) is 24.1 Å². The standard InChI is InChI=1S/C24H26N2O4/c1-4-30-23(29)22-18(13-27)26-17-10-24(2,3)11-19(28)21(17)20(22)15-9-14-7-5-6-8-16(14)25-12-15/h5-9,12,20,26-27H,4,10-11,13H2,1-3H3. The van der Waals surface area contributed by atoms with Crippen molar-refractivity contribution in [1.29, 1.82) is 0 Å². The maximum atomic E-state index is 13.3. The Morgan fingerprint density at radius 2 is 2.07 bits per heavy atom. The third-order valence-electron chi connectivity index (χ3n) is 5.72. The van der Waals surface area contributed by atoms with Gasteiger partial charge >= 0.3 is 5.97 Å². The molecule has 2 N–H and O–H groups in total. The van der Waals surface area contributed by atoms with Crippen LogP contribution < -0.4 is 5.32 Å². The SMILES string of the molecule is CCOC(=O)C1=C(CO)NC2=C(C(=O)CC(C)(C)C2)C1c1cnc2ccccc2c1. The number of pyridine rings is 1. The van der Waals surface area contributed by atoms with Crippen LogP contribution >= 0.6 is 0 Å². The van der Waals surface area contributed by atoms with Crippen LogP contribution in [0.3, 0.4) is 0 Å². The highest BCUT2D eigenvalue weighted by atomic mass is 16.5. The van der Waals surface area contributed by atoms with Gasteiger partial charge in [0.2, 0.25) is 0 Å². The Morgan fingerprint density at radius 3 is 2.80 bits per heavy atom. The number of hydrogen-bond acceptors (Lipinski definition) is 6. The fraction of sp³-hybridized carbons (Fsp3) is 0.375.